The fourth-order valence-electron chi connectivity index (χ4n) is 1.60. The summed E-state index contributed by atoms with van der Waals surface area (Å²) in [5.74, 6) is -0.134. The molecule has 0 bridgehead atoms. The summed E-state index contributed by atoms with van der Waals surface area (Å²) in [7, 11) is 0. The topological polar surface area (TPSA) is 78.4 Å². The first kappa shape index (κ1) is 17.7. The van der Waals surface area contributed by atoms with Gasteiger partial charge in [-0.1, -0.05) is 20.8 Å². The molecule has 0 saturated carbocycles. The molecule has 0 saturated heterocycles. The Bertz CT molecular complexity index is 452. The molecule has 0 aliphatic carbocycles. The summed E-state index contributed by atoms with van der Waals surface area (Å²) in [6.45, 7) is 6.24. The van der Waals surface area contributed by atoms with Crippen LogP contribution in [0, 0.1) is 5.41 Å². The molecule has 0 aliphatic rings. The van der Waals surface area contributed by atoms with Crippen LogP contribution in [-0.4, -0.2) is 30.0 Å². The van der Waals surface area contributed by atoms with Gasteiger partial charge in [0.2, 0.25) is 11.8 Å². The van der Waals surface area contributed by atoms with Gasteiger partial charge in [0.1, 0.15) is 0 Å². The van der Waals surface area contributed by atoms with E-state index in [0.717, 1.165) is 5.56 Å². The number of nitrogens with one attached hydrogen (secondary N) is 2. The molecule has 6 heteroatoms. The molecule has 3 N–H and O–H groups in total. The third kappa shape index (κ3) is 6.73. The third-order valence-corrected chi connectivity index (χ3v) is 3.67. The number of amides is 2. The summed E-state index contributed by atoms with van der Waals surface area (Å²) < 4.78 is 0. The van der Waals surface area contributed by atoms with Crippen LogP contribution in [0.5, 0.6) is 0 Å². The molecule has 21 heavy (non-hydrogen) atoms. The molecular weight excluding hydrogens is 288 g/mol. The van der Waals surface area contributed by atoms with Crippen LogP contribution in [0.3, 0.4) is 0 Å². The second-order valence-electron chi connectivity index (χ2n) is 5.99. The maximum atomic E-state index is 11.6. The molecule has 1 aromatic rings. The van der Waals surface area contributed by atoms with E-state index in [1.807, 2.05) is 37.6 Å². The van der Waals surface area contributed by atoms with Gasteiger partial charge in [0.05, 0.1) is 6.10 Å². The van der Waals surface area contributed by atoms with E-state index >= 15 is 0 Å². The van der Waals surface area contributed by atoms with Crippen molar-refractivity contribution in [2.75, 3.05) is 13.1 Å². The fourth-order valence-corrected chi connectivity index (χ4v) is 2.30. The number of rotatable bonds is 7. The predicted octanol–water partition coefficient (Wildman–Crippen LogP) is 1.84. The van der Waals surface area contributed by atoms with Gasteiger partial charge < -0.3 is 15.7 Å². The summed E-state index contributed by atoms with van der Waals surface area (Å²) >= 11 is 1.51. The van der Waals surface area contributed by atoms with Crippen molar-refractivity contribution in [2.24, 2.45) is 5.41 Å². The first-order valence-electron chi connectivity index (χ1n) is 7.06. The number of hydrogen-bond acceptors (Lipinski definition) is 4. The minimum absolute atomic E-state index is 0.0178. The Morgan fingerprint density at radius 3 is 2.62 bits per heavy atom. The molecule has 5 nitrogen and oxygen atoms in total. The molecule has 0 radical (unpaired) electrons. The maximum absolute atomic E-state index is 11.6. The van der Waals surface area contributed by atoms with Crippen LogP contribution in [0.15, 0.2) is 16.8 Å². The van der Waals surface area contributed by atoms with Gasteiger partial charge in [-0.2, -0.15) is 11.3 Å². The molecule has 0 aromatic carbocycles. The predicted molar refractivity (Wildman–Crippen MR) is 84.0 cm³/mol. The highest BCUT2D eigenvalue weighted by atomic mass is 32.1. The summed E-state index contributed by atoms with van der Waals surface area (Å²) in [6.07, 6.45) is 0.254. The first-order chi connectivity index (χ1) is 9.80. The molecule has 1 heterocycles. The van der Waals surface area contributed by atoms with Crippen LogP contribution in [-0.2, 0) is 9.59 Å². The second kappa shape index (κ2) is 8.14. The van der Waals surface area contributed by atoms with Crippen LogP contribution >= 0.6 is 11.3 Å². The van der Waals surface area contributed by atoms with Gasteiger partial charge in [0.15, 0.2) is 0 Å². The van der Waals surface area contributed by atoms with Crippen molar-refractivity contribution in [1.29, 1.82) is 0 Å². The van der Waals surface area contributed by atoms with Gasteiger partial charge in [-0.3, -0.25) is 9.59 Å². The Hall–Kier alpha value is -1.40. The van der Waals surface area contributed by atoms with Crippen molar-refractivity contribution in [2.45, 2.75) is 39.7 Å². The number of carbonyl (C=O) groups is 2. The van der Waals surface area contributed by atoms with Crippen molar-refractivity contribution in [1.82, 2.24) is 10.6 Å². The normalized spacial score (nSPS) is 12.8. The second-order valence-corrected chi connectivity index (χ2v) is 6.77. The van der Waals surface area contributed by atoms with Gasteiger partial charge in [-0.05, 0) is 28.8 Å². The molecule has 1 atom stereocenters. The molecule has 118 valence electrons. The van der Waals surface area contributed by atoms with Crippen molar-refractivity contribution in [3.05, 3.63) is 22.4 Å². The highest BCUT2D eigenvalue weighted by Gasteiger charge is 2.20. The molecule has 0 fully saturated rings. The number of hydrogen-bond donors (Lipinski definition) is 3. The standard InChI is InChI=1S/C15H24N2O3S/c1-15(2,3)14(20)16-7-4-5-13(19)17-9-12(18)11-6-8-21-10-11/h6,8,10,12,18H,4-5,7,9H2,1-3H3,(H,16,20)(H,17,19). The van der Waals surface area contributed by atoms with E-state index in [1.54, 1.807) is 0 Å². The third-order valence-electron chi connectivity index (χ3n) is 2.97. The van der Waals surface area contributed by atoms with Gasteiger partial charge in [-0.15, -0.1) is 0 Å². The average Bonchev–Trinajstić information content (AvgIpc) is 2.93. The molecule has 2 amide bonds. The van der Waals surface area contributed by atoms with E-state index in [-0.39, 0.29) is 18.4 Å². The van der Waals surface area contributed by atoms with Crippen LogP contribution in [0.4, 0.5) is 0 Å². The smallest absolute Gasteiger partial charge is 0.225 e. The average molecular weight is 312 g/mol. The van der Waals surface area contributed by atoms with Gasteiger partial charge >= 0.3 is 0 Å². The molecular formula is C15H24N2O3S. The van der Waals surface area contributed by atoms with Crippen molar-refractivity contribution in [3.63, 3.8) is 0 Å². The fraction of sp³-hybridized carbons (Fsp3) is 0.600. The zero-order chi connectivity index (χ0) is 15.9. The monoisotopic (exact) mass is 312 g/mol. The molecule has 1 rings (SSSR count). The summed E-state index contributed by atoms with van der Waals surface area (Å²) in [5, 5.41) is 19.1. The van der Waals surface area contributed by atoms with E-state index in [2.05, 4.69) is 10.6 Å². The minimum Gasteiger partial charge on any atom is -0.387 e. The zero-order valence-electron chi connectivity index (χ0n) is 12.8. The van der Waals surface area contributed by atoms with Crippen LogP contribution in [0.1, 0.15) is 45.3 Å². The van der Waals surface area contributed by atoms with E-state index < -0.39 is 11.5 Å². The van der Waals surface area contributed by atoms with Gasteiger partial charge in [0, 0.05) is 24.9 Å². The van der Waals surface area contributed by atoms with Gasteiger partial charge in [0.25, 0.3) is 0 Å². The highest BCUT2D eigenvalue weighted by Crippen LogP contribution is 2.15. The van der Waals surface area contributed by atoms with E-state index in [4.69, 9.17) is 0 Å². The Kier molecular flexibility index (Phi) is 6.84. The minimum atomic E-state index is -0.666. The molecule has 1 aromatic heterocycles. The summed E-state index contributed by atoms with van der Waals surface area (Å²) in [4.78, 5) is 23.2. The molecule has 1 unspecified atom stereocenters. The Morgan fingerprint density at radius 1 is 1.33 bits per heavy atom. The Labute approximate surface area is 129 Å². The lowest BCUT2D eigenvalue weighted by Gasteiger charge is -2.17. The number of carbonyl (C=O) groups excluding carboxylic acids is 2. The van der Waals surface area contributed by atoms with E-state index in [9.17, 15) is 14.7 Å². The lowest BCUT2D eigenvalue weighted by Crippen LogP contribution is -2.36. The summed E-state index contributed by atoms with van der Waals surface area (Å²) in [6, 6.07) is 1.84. The first-order valence-corrected chi connectivity index (χ1v) is 8.00. The SMILES string of the molecule is CC(C)(C)C(=O)NCCCC(=O)NCC(O)c1ccsc1. The number of aliphatic hydroxyl groups is 1. The lowest BCUT2D eigenvalue weighted by molar-refractivity contribution is -0.128. The lowest BCUT2D eigenvalue weighted by atomic mass is 9.96. The molecule has 0 spiro atoms. The Morgan fingerprint density at radius 2 is 2.05 bits per heavy atom. The van der Waals surface area contributed by atoms with Crippen LogP contribution < -0.4 is 10.6 Å². The van der Waals surface area contributed by atoms with Crippen molar-refractivity contribution >= 4 is 23.2 Å². The quantitative estimate of drug-likeness (QED) is 0.672. The maximum Gasteiger partial charge on any atom is 0.225 e. The van der Waals surface area contributed by atoms with Crippen molar-refractivity contribution in [3.8, 4) is 0 Å². The highest BCUT2D eigenvalue weighted by molar-refractivity contribution is 7.07. The van der Waals surface area contributed by atoms with Crippen LogP contribution in [0.25, 0.3) is 0 Å². The van der Waals surface area contributed by atoms with Crippen molar-refractivity contribution < 1.29 is 14.7 Å². The van der Waals surface area contributed by atoms with Gasteiger partial charge in [-0.25, -0.2) is 0 Å². The number of thiophene rings is 1. The number of aliphatic hydroxyl groups excluding tert-OH is 1. The van der Waals surface area contributed by atoms with Crippen LogP contribution in [0.2, 0.25) is 0 Å². The largest absolute Gasteiger partial charge is 0.387 e. The van der Waals surface area contributed by atoms with E-state index in [0.29, 0.717) is 19.4 Å². The van der Waals surface area contributed by atoms with E-state index in [1.165, 1.54) is 11.3 Å². The summed E-state index contributed by atoms with van der Waals surface area (Å²) in [5.41, 5.74) is 0.408. The molecule has 0 aliphatic heterocycles. The Balaban J connectivity index is 2.13. The zero-order valence-corrected chi connectivity index (χ0v) is 13.6.